The molecule has 3 aromatic rings. The first kappa shape index (κ1) is 16.4. The van der Waals surface area contributed by atoms with Gasteiger partial charge in [0.25, 0.3) is 0 Å². The van der Waals surface area contributed by atoms with Gasteiger partial charge in [-0.05, 0) is 84.8 Å². The Morgan fingerprint density at radius 1 is 0.923 bits per heavy atom. The van der Waals surface area contributed by atoms with E-state index < -0.39 is 0 Å². The van der Waals surface area contributed by atoms with Gasteiger partial charge in [0.15, 0.2) is 0 Å². The maximum absolute atomic E-state index is 9.06. The van der Waals surface area contributed by atoms with Crippen molar-refractivity contribution in [2.24, 2.45) is 0 Å². The van der Waals surface area contributed by atoms with Crippen LogP contribution in [0.4, 0.5) is 0 Å². The molecule has 128 valence electrons. The Labute approximate surface area is 153 Å². The van der Waals surface area contributed by atoms with Crippen LogP contribution in [-0.4, -0.2) is 12.1 Å². The summed E-state index contributed by atoms with van der Waals surface area (Å²) >= 11 is 0. The van der Waals surface area contributed by atoms with Crippen molar-refractivity contribution in [2.45, 2.75) is 25.7 Å². The highest BCUT2D eigenvalue weighted by atomic mass is 16.5. The summed E-state index contributed by atoms with van der Waals surface area (Å²) in [6.07, 6.45) is 4.50. The average Bonchev–Trinajstić information content (AvgIpc) is 2.73. The number of nitriles is 1. The van der Waals surface area contributed by atoms with E-state index in [1.165, 1.54) is 29.7 Å². The molecule has 1 aliphatic rings. The molecule has 2 aromatic carbocycles. The largest absolute Gasteiger partial charge is 0.497 e. The van der Waals surface area contributed by atoms with Gasteiger partial charge in [-0.25, -0.2) is 0 Å². The molecule has 1 aromatic heterocycles. The van der Waals surface area contributed by atoms with E-state index in [1.807, 2.05) is 36.4 Å². The van der Waals surface area contributed by atoms with Crippen LogP contribution < -0.4 is 4.74 Å². The maximum Gasteiger partial charge on any atom is 0.118 e. The number of benzene rings is 2. The zero-order valence-electron chi connectivity index (χ0n) is 14.8. The fourth-order valence-electron chi connectivity index (χ4n) is 3.60. The Balaban J connectivity index is 1.84. The zero-order chi connectivity index (χ0) is 17.9. The molecule has 1 aliphatic carbocycles. The lowest BCUT2D eigenvalue weighted by atomic mass is 9.88. The lowest BCUT2D eigenvalue weighted by molar-refractivity contribution is 0.415. The molecule has 4 rings (SSSR count). The molecule has 1 heterocycles. The number of hydrogen-bond acceptors (Lipinski definition) is 3. The summed E-state index contributed by atoms with van der Waals surface area (Å²) in [6, 6.07) is 20.3. The molecular formula is C23H20N2O. The molecule has 0 radical (unpaired) electrons. The van der Waals surface area contributed by atoms with Gasteiger partial charge in [0.1, 0.15) is 5.75 Å². The number of rotatable bonds is 3. The van der Waals surface area contributed by atoms with E-state index in [1.54, 1.807) is 7.11 Å². The smallest absolute Gasteiger partial charge is 0.118 e. The lowest BCUT2D eigenvalue weighted by Crippen LogP contribution is -2.08. The van der Waals surface area contributed by atoms with Crippen molar-refractivity contribution in [3.05, 3.63) is 71.4 Å². The van der Waals surface area contributed by atoms with Crippen LogP contribution >= 0.6 is 0 Å². The molecular weight excluding hydrogens is 320 g/mol. The molecule has 0 spiro atoms. The maximum atomic E-state index is 9.06. The number of ether oxygens (including phenoxy) is 1. The minimum Gasteiger partial charge on any atom is -0.497 e. The number of hydrogen-bond donors (Lipinski definition) is 0. The third kappa shape index (κ3) is 3.07. The van der Waals surface area contributed by atoms with Crippen LogP contribution in [0.25, 0.3) is 22.4 Å². The van der Waals surface area contributed by atoms with E-state index >= 15 is 0 Å². The van der Waals surface area contributed by atoms with Crippen LogP contribution in [0.15, 0.2) is 54.6 Å². The molecule has 0 N–H and O–H groups in total. The van der Waals surface area contributed by atoms with Crippen molar-refractivity contribution < 1.29 is 4.74 Å². The van der Waals surface area contributed by atoms with Crippen molar-refractivity contribution >= 4 is 0 Å². The fraction of sp³-hybridized carbons (Fsp3) is 0.217. The van der Waals surface area contributed by atoms with E-state index in [9.17, 15) is 0 Å². The summed E-state index contributed by atoms with van der Waals surface area (Å²) in [6.45, 7) is 0. The Morgan fingerprint density at radius 2 is 1.62 bits per heavy atom. The van der Waals surface area contributed by atoms with E-state index in [2.05, 4.69) is 24.3 Å². The Bertz CT molecular complexity index is 967. The number of fused-ring (bicyclic) bond motifs is 1. The van der Waals surface area contributed by atoms with E-state index in [-0.39, 0.29) is 0 Å². The monoisotopic (exact) mass is 340 g/mol. The van der Waals surface area contributed by atoms with Crippen LogP contribution in [0.1, 0.15) is 29.7 Å². The fourth-order valence-corrected chi connectivity index (χ4v) is 3.60. The van der Waals surface area contributed by atoms with Gasteiger partial charge in [-0.3, -0.25) is 4.98 Å². The van der Waals surface area contributed by atoms with Crippen molar-refractivity contribution in [2.75, 3.05) is 7.11 Å². The van der Waals surface area contributed by atoms with Crippen LogP contribution in [0.2, 0.25) is 0 Å². The first-order chi connectivity index (χ1) is 12.8. The second-order valence-corrected chi connectivity index (χ2v) is 6.61. The molecule has 0 saturated carbocycles. The van der Waals surface area contributed by atoms with Crippen molar-refractivity contribution in [1.29, 1.82) is 5.26 Å². The number of aryl methyl sites for hydroxylation is 1. The highest BCUT2D eigenvalue weighted by molar-refractivity contribution is 5.75. The summed E-state index contributed by atoms with van der Waals surface area (Å²) in [5.41, 5.74) is 7.74. The molecule has 26 heavy (non-hydrogen) atoms. The van der Waals surface area contributed by atoms with Crippen LogP contribution in [0, 0.1) is 11.3 Å². The zero-order valence-corrected chi connectivity index (χ0v) is 14.8. The first-order valence-electron chi connectivity index (χ1n) is 8.96. The minimum atomic E-state index is 0.687. The minimum absolute atomic E-state index is 0.687. The number of methoxy groups -OCH3 is 1. The van der Waals surface area contributed by atoms with Gasteiger partial charge >= 0.3 is 0 Å². The first-order valence-corrected chi connectivity index (χ1v) is 8.96. The molecule has 0 unspecified atom stereocenters. The lowest BCUT2D eigenvalue weighted by Gasteiger charge is -2.20. The molecule has 0 aliphatic heterocycles. The highest BCUT2D eigenvalue weighted by Crippen LogP contribution is 2.34. The summed E-state index contributed by atoms with van der Waals surface area (Å²) in [5, 5.41) is 9.06. The summed E-state index contributed by atoms with van der Waals surface area (Å²) in [5.74, 6) is 0.846. The molecule has 0 saturated heterocycles. The quantitative estimate of drug-likeness (QED) is 0.660. The number of nitrogens with zero attached hydrogens (tertiary/aromatic N) is 2. The molecule has 0 bridgehead atoms. The average molecular weight is 340 g/mol. The topological polar surface area (TPSA) is 45.9 Å². The van der Waals surface area contributed by atoms with Crippen LogP contribution in [0.5, 0.6) is 5.75 Å². The van der Waals surface area contributed by atoms with Crippen molar-refractivity contribution in [1.82, 2.24) is 4.98 Å². The van der Waals surface area contributed by atoms with Gasteiger partial charge in [0.2, 0.25) is 0 Å². The summed E-state index contributed by atoms with van der Waals surface area (Å²) < 4.78 is 5.26. The van der Waals surface area contributed by atoms with Gasteiger partial charge in [-0.15, -0.1) is 0 Å². The predicted octanol–water partition coefficient (Wildman–Crippen LogP) is 5.17. The molecule has 3 heteroatoms. The van der Waals surface area contributed by atoms with Gasteiger partial charge in [-0.2, -0.15) is 5.26 Å². The molecule has 0 fully saturated rings. The third-order valence-electron chi connectivity index (χ3n) is 5.01. The Kier molecular flexibility index (Phi) is 4.41. The van der Waals surface area contributed by atoms with Crippen LogP contribution in [0.3, 0.4) is 0 Å². The SMILES string of the molecule is COc1ccc(-c2cc(-c3ccc(C#N)cc3)c3c(n2)CCCC3)cc1. The number of aromatic nitrogens is 1. The van der Waals surface area contributed by atoms with E-state index in [0.29, 0.717) is 5.56 Å². The molecule has 0 atom stereocenters. The van der Waals surface area contributed by atoms with Gasteiger partial charge in [-0.1, -0.05) is 12.1 Å². The number of pyridine rings is 1. The highest BCUT2D eigenvalue weighted by Gasteiger charge is 2.18. The predicted molar refractivity (Wildman–Crippen MR) is 103 cm³/mol. The van der Waals surface area contributed by atoms with E-state index in [4.69, 9.17) is 15.0 Å². The van der Waals surface area contributed by atoms with Gasteiger partial charge in [0.05, 0.1) is 24.4 Å². The third-order valence-corrected chi connectivity index (χ3v) is 5.01. The van der Waals surface area contributed by atoms with Crippen molar-refractivity contribution in [3.63, 3.8) is 0 Å². The van der Waals surface area contributed by atoms with Gasteiger partial charge in [0, 0.05) is 11.3 Å². The Morgan fingerprint density at radius 3 is 2.31 bits per heavy atom. The second-order valence-electron chi connectivity index (χ2n) is 6.61. The molecule has 3 nitrogen and oxygen atoms in total. The molecule has 0 amide bonds. The van der Waals surface area contributed by atoms with Gasteiger partial charge < -0.3 is 4.74 Å². The Hall–Kier alpha value is -3.12. The summed E-state index contributed by atoms with van der Waals surface area (Å²) in [4.78, 5) is 4.97. The second kappa shape index (κ2) is 7.01. The van der Waals surface area contributed by atoms with E-state index in [0.717, 1.165) is 35.4 Å². The van der Waals surface area contributed by atoms with Crippen molar-refractivity contribution in [3.8, 4) is 34.2 Å². The summed E-state index contributed by atoms with van der Waals surface area (Å²) in [7, 11) is 1.68. The standard InChI is InChI=1S/C23H20N2O/c1-26-19-12-10-18(11-13-19)23-14-21(17-8-6-16(15-24)7-9-17)20-4-2-3-5-22(20)25-23/h6-14H,2-5H2,1H3. The normalized spacial score (nSPS) is 12.9. The van der Waals surface area contributed by atoms with Crippen LogP contribution in [-0.2, 0) is 12.8 Å².